The molecule has 1 aliphatic rings. The highest BCUT2D eigenvalue weighted by molar-refractivity contribution is 6.62. The van der Waals surface area contributed by atoms with E-state index >= 15 is 0 Å². The normalized spacial score (nSPS) is 20.1. The van der Waals surface area contributed by atoms with Gasteiger partial charge in [-0.15, -0.1) is 0 Å². The van der Waals surface area contributed by atoms with Gasteiger partial charge in [0.1, 0.15) is 0 Å². The standard InChI is InChI=1S/C15H19BN2O3/c1-14(2)15(3,4)21-16(20-14)10-5-6-12-13(7-10)17-8-11(9-19)18-12/h5-8,19H,9H2,1-4H3. The van der Waals surface area contributed by atoms with Gasteiger partial charge in [0.05, 0.1) is 40.7 Å². The fourth-order valence-electron chi connectivity index (χ4n) is 2.27. The summed E-state index contributed by atoms with van der Waals surface area (Å²) >= 11 is 0. The van der Waals surface area contributed by atoms with Crippen molar-refractivity contribution >= 4 is 23.6 Å². The highest BCUT2D eigenvalue weighted by atomic mass is 16.7. The fraction of sp³-hybridized carbons (Fsp3) is 0.467. The Morgan fingerprint density at radius 3 is 2.38 bits per heavy atom. The van der Waals surface area contributed by atoms with Crippen LogP contribution >= 0.6 is 0 Å². The number of benzene rings is 1. The van der Waals surface area contributed by atoms with Crippen molar-refractivity contribution in [2.24, 2.45) is 0 Å². The Morgan fingerprint density at radius 1 is 1.10 bits per heavy atom. The van der Waals surface area contributed by atoms with Crippen LogP contribution in [-0.2, 0) is 15.9 Å². The molecule has 1 aliphatic heterocycles. The molecule has 1 aromatic carbocycles. The van der Waals surface area contributed by atoms with Gasteiger partial charge in [0.2, 0.25) is 0 Å². The zero-order valence-electron chi connectivity index (χ0n) is 12.8. The van der Waals surface area contributed by atoms with Gasteiger partial charge in [-0.1, -0.05) is 6.07 Å². The van der Waals surface area contributed by atoms with Crippen molar-refractivity contribution in [1.82, 2.24) is 9.97 Å². The van der Waals surface area contributed by atoms with Crippen LogP contribution in [-0.4, -0.2) is 33.4 Å². The molecule has 2 aromatic rings. The summed E-state index contributed by atoms with van der Waals surface area (Å²) in [4.78, 5) is 8.65. The Bertz CT molecular complexity index is 672. The van der Waals surface area contributed by atoms with Crippen LogP contribution < -0.4 is 5.46 Å². The second-order valence-corrected chi connectivity index (χ2v) is 6.36. The molecule has 0 radical (unpaired) electrons. The fourth-order valence-corrected chi connectivity index (χ4v) is 2.27. The van der Waals surface area contributed by atoms with Crippen LogP contribution in [0.2, 0.25) is 0 Å². The minimum absolute atomic E-state index is 0.109. The van der Waals surface area contributed by atoms with Gasteiger partial charge < -0.3 is 14.4 Å². The van der Waals surface area contributed by atoms with E-state index in [1.807, 2.05) is 45.9 Å². The van der Waals surface area contributed by atoms with Crippen molar-refractivity contribution in [2.45, 2.75) is 45.5 Å². The molecule has 1 N–H and O–H groups in total. The smallest absolute Gasteiger partial charge is 0.399 e. The first-order valence-electron chi connectivity index (χ1n) is 7.04. The molecule has 21 heavy (non-hydrogen) atoms. The first-order valence-corrected chi connectivity index (χ1v) is 7.04. The summed E-state index contributed by atoms with van der Waals surface area (Å²) in [6.07, 6.45) is 1.58. The summed E-state index contributed by atoms with van der Waals surface area (Å²) in [7, 11) is -0.404. The number of aliphatic hydroxyl groups is 1. The molecule has 2 heterocycles. The minimum atomic E-state index is -0.404. The number of aromatic nitrogens is 2. The Kier molecular flexibility index (Phi) is 3.28. The molecule has 6 heteroatoms. The molecule has 1 fully saturated rings. The largest absolute Gasteiger partial charge is 0.494 e. The van der Waals surface area contributed by atoms with E-state index in [2.05, 4.69) is 9.97 Å². The van der Waals surface area contributed by atoms with Crippen LogP contribution in [0.1, 0.15) is 33.4 Å². The predicted octanol–water partition coefficient (Wildman–Crippen LogP) is 1.42. The molecule has 0 unspecified atom stereocenters. The number of rotatable bonds is 2. The van der Waals surface area contributed by atoms with E-state index in [0.29, 0.717) is 5.69 Å². The Hall–Kier alpha value is -1.50. The topological polar surface area (TPSA) is 64.5 Å². The first-order chi connectivity index (χ1) is 9.82. The summed E-state index contributed by atoms with van der Waals surface area (Å²) in [5, 5.41) is 9.10. The number of hydrogen-bond donors (Lipinski definition) is 1. The molecular formula is C15H19BN2O3. The van der Waals surface area contributed by atoms with Gasteiger partial charge in [0.25, 0.3) is 0 Å². The van der Waals surface area contributed by atoms with Crippen LogP contribution in [0.15, 0.2) is 24.4 Å². The van der Waals surface area contributed by atoms with Crippen molar-refractivity contribution in [2.75, 3.05) is 0 Å². The predicted molar refractivity (Wildman–Crippen MR) is 81.2 cm³/mol. The van der Waals surface area contributed by atoms with Gasteiger partial charge in [-0.05, 0) is 45.3 Å². The second kappa shape index (κ2) is 4.76. The maximum atomic E-state index is 9.10. The maximum Gasteiger partial charge on any atom is 0.494 e. The number of hydrogen-bond acceptors (Lipinski definition) is 5. The molecule has 0 amide bonds. The monoisotopic (exact) mass is 286 g/mol. The molecule has 0 bridgehead atoms. The average Bonchev–Trinajstić information content (AvgIpc) is 2.66. The van der Waals surface area contributed by atoms with E-state index in [1.165, 1.54) is 0 Å². The molecule has 0 saturated carbocycles. The summed E-state index contributed by atoms with van der Waals surface area (Å²) in [5.41, 5.74) is 2.28. The lowest BCUT2D eigenvalue weighted by Crippen LogP contribution is -2.41. The van der Waals surface area contributed by atoms with Gasteiger partial charge >= 0.3 is 7.12 Å². The van der Waals surface area contributed by atoms with Crippen molar-refractivity contribution in [3.05, 3.63) is 30.1 Å². The summed E-state index contributed by atoms with van der Waals surface area (Å²) in [6.45, 7) is 8.01. The zero-order chi connectivity index (χ0) is 15.3. The van der Waals surface area contributed by atoms with Crippen LogP contribution in [0.4, 0.5) is 0 Å². The number of aliphatic hydroxyl groups excluding tert-OH is 1. The van der Waals surface area contributed by atoms with Crippen LogP contribution in [0.3, 0.4) is 0 Å². The third-order valence-electron chi connectivity index (χ3n) is 4.30. The molecule has 3 rings (SSSR count). The van der Waals surface area contributed by atoms with Crippen molar-refractivity contribution in [3.63, 3.8) is 0 Å². The van der Waals surface area contributed by atoms with Crippen molar-refractivity contribution in [3.8, 4) is 0 Å². The Morgan fingerprint density at radius 2 is 1.76 bits per heavy atom. The van der Waals surface area contributed by atoms with Crippen LogP contribution in [0, 0.1) is 0 Å². The molecule has 0 aliphatic carbocycles. The van der Waals surface area contributed by atoms with E-state index in [1.54, 1.807) is 6.20 Å². The minimum Gasteiger partial charge on any atom is -0.399 e. The molecular weight excluding hydrogens is 267 g/mol. The summed E-state index contributed by atoms with van der Waals surface area (Å²) < 4.78 is 12.1. The SMILES string of the molecule is CC1(C)OB(c2ccc3nc(CO)cnc3c2)OC1(C)C. The van der Waals surface area contributed by atoms with Crippen LogP contribution in [0.5, 0.6) is 0 Å². The maximum absolute atomic E-state index is 9.10. The number of nitrogens with zero attached hydrogens (tertiary/aromatic N) is 2. The van der Waals surface area contributed by atoms with E-state index in [4.69, 9.17) is 14.4 Å². The third kappa shape index (κ3) is 2.43. The zero-order valence-corrected chi connectivity index (χ0v) is 12.8. The number of fused-ring (bicyclic) bond motifs is 1. The van der Waals surface area contributed by atoms with E-state index in [0.717, 1.165) is 16.5 Å². The molecule has 5 nitrogen and oxygen atoms in total. The van der Waals surface area contributed by atoms with E-state index in [-0.39, 0.29) is 17.8 Å². The lowest BCUT2D eigenvalue weighted by atomic mass is 9.79. The molecule has 110 valence electrons. The van der Waals surface area contributed by atoms with Crippen molar-refractivity contribution in [1.29, 1.82) is 0 Å². The molecule has 0 atom stereocenters. The van der Waals surface area contributed by atoms with Gasteiger partial charge in [-0.25, -0.2) is 4.98 Å². The highest BCUT2D eigenvalue weighted by Gasteiger charge is 2.51. The second-order valence-electron chi connectivity index (χ2n) is 6.36. The lowest BCUT2D eigenvalue weighted by Gasteiger charge is -2.32. The quantitative estimate of drug-likeness (QED) is 0.846. The van der Waals surface area contributed by atoms with Gasteiger partial charge in [-0.3, -0.25) is 4.98 Å². The lowest BCUT2D eigenvalue weighted by molar-refractivity contribution is 0.00578. The van der Waals surface area contributed by atoms with Gasteiger partial charge in [0.15, 0.2) is 0 Å². The Labute approximate surface area is 124 Å². The summed E-state index contributed by atoms with van der Waals surface area (Å²) in [5.74, 6) is 0. The summed E-state index contributed by atoms with van der Waals surface area (Å²) in [6, 6.07) is 5.73. The van der Waals surface area contributed by atoms with E-state index < -0.39 is 7.12 Å². The third-order valence-corrected chi connectivity index (χ3v) is 4.30. The average molecular weight is 286 g/mol. The molecule has 1 saturated heterocycles. The van der Waals surface area contributed by atoms with Crippen molar-refractivity contribution < 1.29 is 14.4 Å². The van der Waals surface area contributed by atoms with E-state index in [9.17, 15) is 0 Å². The van der Waals surface area contributed by atoms with Gasteiger partial charge in [-0.2, -0.15) is 0 Å². The molecule has 0 spiro atoms. The highest BCUT2D eigenvalue weighted by Crippen LogP contribution is 2.36. The Balaban J connectivity index is 1.96. The molecule has 1 aromatic heterocycles. The van der Waals surface area contributed by atoms with Gasteiger partial charge in [0, 0.05) is 0 Å². The van der Waals surface area contributed by atoms with Crippen LogP contribution in [0.25, 0.3) is 11.0 Å². The first kappa shape index (κ1) is 14.4.